The fourth-order valence-corrected chi connectivity index (χ4v) is 4.95. The van der Waals surface area contributed by atoms with Crippen LogP contribution in [0.4, 0.5) is 15.8 Å². The van der Waals surface area contributed by atoms with Crippen molar-refractivity contribution in [2.24, 2.45) is 5.92 Å². The molecule has 2 aromatic rings. The van der Waals surface area contributed by atoms with Crippen molar-refractivity contribution >= 4 is 35.0 Å². The van der Waals surface area contributed by atoms with Crippen LogP contribution in [0, 0.1) is 11.7 Å². The van der Waals surface area contributed by atoms with E-state index in [4.69, 9.17) is 0 Å². The lowest BCUT2D eigenvalue weighted by Gasteiger charge is -2.25. The molecule has 1 N–H and O–H groups in total. The molecule has 6 heteroatoms. The molecule has 2 aromatic carbocycles. The first kappa shape index (κ1) is 18.0. The molecule has 2 fully saturated rings. The van der Waals surface area contributed by atoms with Crippen molar-refractivity contribution in [3.63, 3.8) is 0 Å². The molecule has 0 spiro atoms. The average molecular weight is 384 g/mol. The largest absolute Gasteiger partial charge is 0.326 e. The maximum atomic E-state index is 13.6. The highest BCUT2D eigenvalue weighted by atomic mass is 32.2. The second-order valence-electron chi connectivity index (χ2n) is 7.00. The zero-order chi connectivity index (χ0) is 18.8. The van der Waals surface area contributed by atoms with E-state index in [1.807, 2.05) is 24.3 Å². The van der Waals surface area contributed by atoms with Gasteiger partial charge in [0.05, 0.1) is 5.75 Å². The van der Waals surface area contributed by atoms with E-state index in [0.29, 0.717) is 11.4 Å². The second kappa shape index (κ2) is 7.72. The lowest BCUT2D eigenvalue weighted by Crippen LogP contribution is -2.28. The number of nitrogens with zero attached hydrogens (tertiary/aromatic N) is 1. The number of rotatable bonds is 4. The van der Waals surface area contributed by atoms with Gasteiger partial charge in [-0.05, 0) is 48.7 Å². The molecule has 1 aliphatic heterocycles. The number of hydrogen-bond donors (Lipinski definition) is 1. The van der Waals surface area contributed by atoms with E-state index in [1.54, 1.807) is 17.0 Å². The van der Waals surface area contributed by atoms with Gasteiger partial charge in [-0.2, -0.15) is 0 Å². The normalized spacial score (nSPS) is 20.3. The summed E-state index contributed by atoms with van der Waals surface area (Å²) >= 11 is 1.51. The van der Waals surface area contributed by atoms with E-state index in [0.717, 1.165) is 36.9 Å². The molecule has 1 saturated carbocycles. The highest BCUT2D eigenvalue weighted by molar-refractivity contribution is 8.00. The summed E-state index contributed by atoms with van der Waals surface area (Å²) in [5.74, 6) is 0.103. The van der Waals surface area contributed by atoms with Gasteiger partial charge in [-0.25, -0.2) is 4.39 Å². The van der Waals surface area contributed by atoms with Gasteiger partial charge in [-0.3, -0.25) is 14.5 Å². The monoisotopic (exact) mass is 384 g/mol. The zero-order valence-corrected chi connectivity index (χ0v) is 15.7. The minimum absolute atomic E-state index is 0.0454. The van der Waals surface area contributed by atoms with Crippen LogP contribution < -0.4 is 10.2 Å². The van der Waals surface area contributed by atoms with Gasteiger partial charge in [-0.1, -0.05) is 31.0 Å². The number of thioether (sulfide) groups is 1. The van der Waals surface area contributed by atoms with E-state index in [1.165, 1.54) is 23.9 Å². The fourth-order valence-electron chi connectivity index (χ4n) is 3.78. The maximum Gasteiger partial charge on any atom is 0.238 e. The molecule has 0 aromatic heterocycles. The summed E-state index contributed by atoms with van der Waals surface area (Å²) < 4.78 is 13.6. The van der Waals surface area contributed by atoms with Crippen LogP contribution >= 0.6 is 11.8 Å². The third-order valence-electron chi connectivity index (χ3n) is 5.12. The Labute approximate surface area is 162 Å². The Kier molecular flexibility index (Phi) is 5.16. The van der Waals surface area contributed by atoms with Crippen molar-refractivity contribution in [2.45, 2.75) is 31.1 Å². The van der Waals surface area contributed by atoms with Crippen molar-refractivity contribution in [3.8, 4) is 0 Å². The van der Waals surface area contributed by atoms with Gasteiger partial charge in [0.2, 0.25) is 11.8 Å². The molecular formula is C21H21FN2O2S. The van der Waals surface area contributed by atoms with Crippen molar-refractivity contribution in [1.29, 1.82) is 0 Å². The molecule has 2 amide bonds. The predicted molar refractivity (Wildman–Crippen MR) is 106 cm³/mol. The van der Waals surface area contributed by atoms with Crippen LogP contribution in [0.1, 0.15) is 36.6 Å². The van der Waals surface area contributed by atoms with Crippen molar-refractivity contribution in [2.75, 3.05) is 16.0 Å². The van der Waals surface area contributed by atoms with E-state index in [9.17, 15) is 14.0 Å². The first-order valence-corrected chi connectivity index (χ1v) is 10.3. The Balaban J connectivity index is 1.57. The van der Waals surface area contributed by atoms with Crippen LogP contribution in [0.2, 0.25) is 0 Å². The summed E-state index contributed by atoms with van der Waals surface area (Å²) in [4.78, 5) is 26.5. The summed E-state index contributed by atoms with van der Waals surface area (Å²) in [6.45, 7) is 0. The SMILES string of the molecule is O=C(Nc1cccc(C2SCC(=O)N2c2cccc(F)c2)c1)C1CCCC1. The number of amides is 2. The molecule has 27 heavy (non-hydrogen) atoms. The molecule has 0 radical (unpaired) electrons. The molecule has 0 bridgehead atoms. The molecule has 1 aliphatic carbocycles. The van der Waals surface area contributed by atoms with Crippen LogP contribution in [0.25, 0.3) is 0 Å². The van der Waals surface area contributed by atoms with E-state index < -0.39 is 0 Å². The third-order valence-corrected chi connectivity index (χ3v) is 6.33. The first-order valence-electron chi connectivity index (χ1n) is 9.22. The molecule has 140 valence electrons. The number of anilines is 2. The van der Waals surface area contributed by atoms with E-state index in [-0.39, 0.29) is 28.9 Å². The number of carbonyl (C=O) groups is 2. The topological polar surface area (TPSA) is 49.4 Å². The summed E-state index contributed by atoms with van der Waals surface area (Å²) in [6, 6.07) is 13.7. The molecule has 4 rings (SSSR count). The summed E-state index contributed by atoms with van der Waals surface area (Å²) in [5, 5.41) is 2.78. The van der Waals surface area contributed by atoms with Gasteiger partial charge in [0.15, 0.2) is 0 Å². The van der Waals surface area contributed by atoms with E-state index in [2.05, 4.69) is 5.32 Å². The third kappa shape index (κ3) is 3.86. The van der Waals surface area contributed by atoms with Crippen molar-refractivity contribution in [3.05, 3.63) is 59.9 Å². The molecule has 1 saturated heterocycles. The minimum Gasteiger partial charge on any atom is -0.326 e. The smallest absolute Gasteiger partial charge is 0.238 e. The van der Waals surface area contributed by atoms with Gasteiger partial charge in [-0.15, -0.1) is 11.8 Å². The summed E-state index contributed by atoms with van der Waals surface area (Å²) in [6.07, 6.45) is 4.13. The van der Waals surface area contributed by atoms with Crippen molar-refractivity contribution < 1.29 is 14.0 Å². The molecule has 4 nitrogen and oxygen atoms in total. The molecule has 1 heterocycles. The Morgan fingerprint density at radius 3 is 2.67 bits per heavy atom. The Bertz CT molecular complexity index is 867. The standard InChI is InChI=1S/C21H21FN2O2S/c22-16-8-4-10-18(12-16)24-19(25)13-27-21(24)15-7-3-9-17(11-15)23-20(26)14-5-1-2-6-14/h3-4,7-12,14,21H,1-2,5-6,13H2,(H,23,26). The van der Waals surface area contributed by atoms with Gasteiger partial charge in [0.1, 0.15) is 11.2 Å². The first-order chi connectivity index (χ1) is 13.1. The lowest BCUT2D eigenvalue weighted by atomic mass is 10.1. The maximum absolute atomic E-state index is 13.6. The number of hydrogen-bond acceptors (Lipinski definition) is 3. The van der Waals surface area contributed by atoms with Crippen LogP contribution in [0.3, 0.4) is 0 Å². The van der Waals surface area contributed by atoms with Crippen molar-refractivity contribution in [1.82, 2.24) is 0 Å². The van der Waals surface area contributed by atoms with E-state index >= 15 is 0 Å². The number of benzene rings is 2. The Morgan fingerprint density at radius 1 is 1.11 bits per heavy atom. The van der Waals surface area contributed by atoms with Crippen LogP contribution in [-0.2, 0) is 9.59 Å². The summed E-state index contributed by atoms with van der Waals surface area (Å²) in [5.41, 5.74) is 2.21. The van der Waals surface area contributed by atoms with Gasteiger partial charge in [0, 0.05) is 17.3 Å². The molecule has 2 aliphatic rings. The second-order valence-corrected chi connectivity index (χ2v) is 8.07. The number of halogens is 1. The van der Waals surface area contributed by atoms with Gasteiger partial charge in [0.25, 0.3) is 0 Å². The van der Waals surface area contributed by atoms with Gasteiger partial charge < -0.3 is 5.32 Å². The number of nitrogens with one attached hydrogen (secondary N) is 1. The highest BCUT2D eigenvalue weighted by Crippen LogP contribution is 2.42. The predicted octanol–water partition coefficient (Wildman–Crippen LogP) is 4.73. The van der Waals surface area contributed by atoms with Crippen LogP contribution in [-0.4, -0.2) is 17.6 Å². The quantitative estimate of drug-likeness (QED) is 0.829. The summed E-state index contributed by atoms with van der Waals surface area (Å²) in [7, 11) is 0. The van der Waals surface area contributed by atoms with Crippen LogP contribution in [0.5, 0.6) is 0 Å². The molecule has 1 unspecified atom stereocenters. The lowest BCUT2D eigenvalue weighted by molar-refractivity contribution is -0.119. The molecular weight excluding hydrogens is 363 g/mol. The minimum atomic E-state index is -0.367. The fraction of sp³-hybridized carbons (Fsp3) is 0.333. The Morgan fingerprint density at radius 2 is 1.89 bits per heavy atom. The number of carbonyl (C=O) groups excluding carboxylic acids is 2. The van der Waals surface area contributed by atoms with Crippen LogP contribution in [0.15, 0.2) is 48.5 Å². The molecule has 1 atom stereocenters. The van der Waals surface area contributed by atoms with Gasteiger partial charge >= 0.3 is 0 Å². The Hall–Kier alpha value is -2.34. The highest BCUT2D eigenvalue weighted by Gasteiger charge is 2.34. The average Bonchev–Trinajstić information content (AvgIpc) is 3.32. The zero-order valence-electron chi connectivity index (χ0n) is 14.9.